The first-order chi connectivity index (χ1) is 10.3. The third-order valence-corrected chi connectivity index (χ3v) is 2.16. The van der Waals surface area contributed by atoms with Gasteiger partial charge in [-0.25, -0.2) is 0 Å². The maximum atomic E-state index is 5.23. The van der Waals surface area contributed by atoms with E-state index in [9.17, 15) is 0 Å². The molecule has 0 radical (unpaired) electrons. The molecular formula is C14H33NO6. The Morgan fingerprint density at radius 2 is 0.857 bits per heavy atom. The summed E-state index contributed by atoms with van der Waals surface area (Å²) in [6, 6.07) is 0. The van der Waals surface area contributed by atoms with Gasteiger partial charge in [0.2, 0.25) is 0 Å². The number of nitrogens with one attached hydrogen (secondary N) is 1. The molecule has 0 aromatic rings. The molecule has 0 aliphatic heterocycles. The van der Waals surface area contributed by atoms with Crippen molar-refractivity contribution in [1.29, 1.82) is 0 Å². The second kappa shape index (κ2) is 24.7. The molecule has 0 bridgehead atoms. The average Bonchev–Trinajstić information content (AvgIpc) is 2.51. The number of rotatable bonds is 15. The van der Waals surface area contributed by atoms with E-state index in [1.807, 2.05) is 7.05 Å². The SMILES string of the molecule is CNCCOCCOCCOC.COCCOCCOC. The van der Waals surface area contributed by atoms with Crippen molar-refractivity contribution in [3.63, 3.8) is 0 Å². The third-order valence-electron chi connectivity index (χ3n) is 2.16. The molecule has 0 heterocycles. The molecule has 1 N–H and O–H groups in total. The van der Waals surface area contributed by atoms with Gasteiger partial charge in [0.1, 0.15) is 0 Å². The van der Waals surface area contributed by atoms with Gasteiger partial charge in [0.05, 0.1) is 59.5 Å². The fourth-order valence-corrected chi connectivity index (χ4v) is 1.03. The number of hydrogen-bond acceptors (Lipinski definition) is 7. The molecule has 0 aliphatic rings. The highest BCUT2D eigenvalue weighted by molar-refractivity contribution is 4.36. The van der Waals surface area contributed by atoms with E-state index in [0.29, 0.717) is 52.9 Å². The van der Waals surface area contributed by atoms with Gasteiger partial charge in [0.25, 0.3) is 0 Å². The summed E-state index contributed by atoms with van der Waals surface area (Å²) < 4.78 is 29.8. The van der Waals surface area contributed by atoms with Crippen molar-refractivity contribution < 1.29 is 28.4 Å². The molecule has 0 atom stereocenters. The standard InChI is InChI=1S/C8H19NO3.C6H14O3/c1-9-3-4-11-7-8-12-6-5-10-2;1-7-3-5-9-6-4-8-2/h9H,3-8H2,1-2H3;3-6H2,1-2H3. The van der Waals surface area contributed by atoms with Gasteiger partial charge < -0.3 is 33.7 Å². The van der Waals surface area contributed by atoms with Crippen molar-refractivity contribution in [3.8, 4) is 0 Å². The molecule has 0 spiro atoms. The highest BCUT2D eigenvalue weighted by Crippen LogP contribution is 1.78. The fraction of sp³-hybridized carbons (Fsp3) is 1.00. The summed E-state index contributed by atoms with van der Waals surface area (Å²) in [4.78, 5) is 0. The van der Waals surface area contributed by atoms with Crippen LogP contribution in [0.4, 0.5) is 0 Å². The fourth-order valence-electron chi connectivity index (χ4n) is 1.03. The highest BCUT2D eigenvalue weighted by atomic mass is 16.5. The minimum atomic E-state index is 0.645. The molecule has 0 saturated carbocycles. The molecule has 0 fully saturated rings. The van der Waals surface area contributed by atoms with Crippen LogP contribution in [0.2, 0.25) is 0 Å². The van der Waals surface area contributed by atoms with Crippen LogP contribution in [0.25, 0.3) is 0 Å². The molecular weight excluding hydrogens is 278 g/mol. The number of ether oxygens (including phenoxy) is 6. The van der Waals surface area contributed by atoms with Crippen molar-refractivity contribution in [1.82, 2.24) is 5.32 Å². The lowest BCUT2D eigenvalue weighted by molar-refractivity contribution is 0.0258. The quantitative estimate of drug-likeness (QED) is 0.433. The Morgan fingerprint density at radius 1 is 0.524 bits per heavy atom. The van der Waals surface area contributed by atoms with Gasteiger partial charge in [0.15, 0.2) is 0 Å². The highest BCUT2D eigenvalue weighted by Gasteiger charge is 1.88. The molecule has 0 rings (SSSR count). The summed E-state index contributed by atoms with van der Waals surface area (Å²) in [5.41, 5.74) is 0. The van der Waals surface area contributed by atoms with Crippen LogP contribution >= 0.6 is 0 Å². The molecule has 0 unspecified atom stereocenters. The molecule has 0 aromatic carbocycles. The second-order valence-corrected chi connectivity index (χ2v) is 3.92. The van der Waals surface area contributed by atoms with Crippen molar-refractivity contribution in [3.05, 3.63) is 0 Å². The lowest BCUT2D eigenvalue weighted by Crippen LogP contribution is -2.16. The number of methoxy groups -OCH3 is 3. The Kier molecular flexibility index (Phi) is 27.1. The van der Waals surface area contributed by atoms with Gasteiger partial charge >= 0.3 is 0 Å². The predicted molar refractivity (Wildman–Crippen MR) is 82.0 cm³/mol. The third kappa shape index (κ3) is 28.6. The molecule has 0 aromatic heterocycles. The lowest BCUT2D eigenvalue weighted by atomic mass is 10.7. The van der Waals surface area contributed by atoms with Crippen molar-refractivity contribution in [2.75, 3.05) is 94.4 Å². The molecule has 0 saturated heterocycles. The van der Waals surface area contributed by atoms with E-state index in [-0.39, 0.29) is 0 Å². The zero-order valence-corrected chi connectivity index (χ0v) is 14.0. The summed E-state index contributed by atoms with van der Waals surface area (Å²) in [5.74, 6) is 0. The Labute approximate surface area is 129 Å². The van der Waals surface area contributed by atoms with E-state index < -0.39 is 0 Å². The van der Waals surface area contributed by atoms with Gasteiger partial charge in [-0.15, -0.1) is 0 Å². The van der Waals surface area contributed by atoms with Gasteiger partial charge in [-0.05, 0) is 7.05 Å². The Hall–Kier alpha value is -0.280. The maximum Gasteiger partial charge on any atom is 0.0701 e. The Balaban J connectivity index is 0. The van der Waals surface area contributed by atoms with Crippen LogP contribution in [0.15, 0.2) is 0 Å². The summed E-state index contributed by atoms with van der Waals surface area (Å²) in [6.07, 6.45) is 0. The van der Waals surface area contributed by atoms with Gasteiger partial charge in [-0.1, -0.05) is 0 Å². The first-order valence-corrected chi connectivity index (χ1v) is 7.18. The van der Waals surface area contributed by atoms with Crippen LogP contribution in [-0.4, -0.2) is 94.4 Å². The molecule has 7 nitrogen and oxygen atoms in total. The van der Waals surface area contributed by atoms with E-state index in [1.165, 1.54) is 0 Å². The Morgan fingerprint density at radius 3 is 1.19 bits per heavy atom. The van der Waals surface area contributed by atoms with Crippen LogP contribution in [-0.2, 0) is 28.4 Å². The average molecular weight is 311 g/mol. The molecule has 7 heteroatoms. The minimum Gasteiger partial charge on any atom is -0.382 e. The van der Waals surface area contributed by atoms with Crippen molar-refractivity contribution in [2.24, 2.45) is 0 Å². The Bertz CT molecular complexity index is 146. The van der Waals surface area contributed by atoms with Gasteiger partial charge in [-0.2, -0.15) is 0 Å². The van der Waals surface area contributed by atoms with E-state index in [4.69, 9.17) is 28.4 Å². The number of hydrogen-bond donors (Lipinski definition) is 1. The predicted octanol–water partition coefficient (Wildman–Crippen LogP) is 0.181. The molecule has 0 amide bonds. The van der Waals surface area contributed by atoms with Crippen LogP contribution in [0.5, 0.6) is 0 Å². The second-order valence-electron chi connectivity index (χ2n) is 3.92. The first-order valence-electron chi connectivity index (χ1n) is 7.18. The zero-order chi connectivity index (χ0) is 16.0. The normalized spacial score (nSPS) is 10.3. The summed E-state index contributed by atoms with van der Waals surface area (Å²) in [5, 5.41) is 2.99. The lowest BCUT2D eigenvalue weighted by Gasteiger charge is -2.04. The zero-order valence-electron chi connectivity index (χ0n) is 14.0. The van der Waals surface area contributed by atoms with Crippen LogP contribution in [0.1, 0.15) is 0 Å². The van der Waals surface area contributed by atoms with E-state index in [2.05, 4.69) is 5.32 Å². The molecule has 130 valence electrons. The summed E-state index contributed by atoms with van der Waals surface area (Å²) >= 11 is 0. The van der Waals surface area contributed by atoms with Crippen molar-refractivity contribution in [2.45, 2.75) is 0 Å². The van der Waals surface area contributed by atoms with Gasteiger partial charge in [0, 0.05) is 27.9 Å². The van der Waals surface area contributed by atoms with E-state index in [1.54, 1.807) is 21.3 Å². The first kappa shape index (κ1) is 23.0. The topological polar surface area (TPSA) is 67.4 Å². The largest absolute Gasteiger partial charge is 0.382 e. The van der Waals surface area contributed by atoms with Crippen LogP contribution in [0.3, 0.4) is 0 Å². The minimum absolute atomic E-state index is 0.645. The maximum absolute atomic E-state index is 5.23. The van der Waals surface area contributed by atoms with E-state index >= 15 is 0 Å². The van der Waals surface area contributed by atoms with Crippen molar-refractivity contribution >= 4 is 0 Å². The van der Waals surface area contributed by atoms with Crippen LogP contribution < -0.4 is 5.32 Å². The smallest absolute Gasteiger partial charge is 0.0701 e. The summed E-state index contributed by atoms with van der Waals surface area (Å²) in [6.45, 7) is 6.84. The molecule has 21 heavy (non-hydrogen) atoms. The van der Waals surface area contributed by atoms with Gasteiger partial charge in [-0.3, -0.25) is 0 Å². The number of likely N-dealkylation sites (N-methyl/N-ethyl adjacent to an activating group) is 1. The van der Waals surface area contributed by atoms with Crippen LogP contribution in [0, 0.1) is 0 Å². The van der Waals surface area contributed by atoms with E-state index in [0.717, 1.165) is 13.2 Å². The monoisotopic (exact) mass is 311 g/mol. The summed E-state index contributed by atoms with van der Waals surface area (Å²) in [7, 11) is 6.87. The molecule has 0 aliphatic carbocycles.